The Balaban J connectivity index is 1.86. The number of carbonyl (C=O) groups is 2. The Bertz CT molecular complexity index is 1320. The minimum atomic E-state index is -0.745. The van der Waals surface area contributed by atoms with Gasteiger partial charge in [-0.05, 0) is 63.7 Å². The van der Waals surface area contributed by atoms with Crippen LogP contribution in [0.2, 0.25) is 0 Å². The summed E-state index contributed by atoms with van der Waals surface area (Å²) < 4.78 is 7.77. The van der Waals surface area contributed by atoms with Gasteiger partial charge in [0.25, 0.3) is 11.7 Å². The second-order valence-corrected chi connectivity index (χ2v) is 9.50. The Morgan fingerprint density at radius 1 is 1.17 bits per heavy atom. The molecule has 1 aliphatic rings. The summed E-state index contributed by atoms with van der Waals surface area (Å²) in [7, 11) is 3.83. The zero-order valence-corrected chi connectivity index (χ0v) is 21.6. The summed E-state index contributed by atoms with van der Waals surface area (Å²) in [4.78, 5) is 34.7. The number of ether oxygens (including phenoxy) is 1. The highest BCUT2D eigenvalue weighted by molar-refractivity contribution is 6.46. The lowest BCUT2D eigenvalue weighted by Gasteiger charge is -2.26. The highest BCUT2D eigenvalue weighted by atomic mass is 16.5. The molecule has 1 unspecified atom stereocenters. The lowest BCUT2D eigenvalue weighted by atomic mass is 9.96. The van der Waals surface area contributed by atoms with Crippen molar-refractivity contribution in [1.29, 1.82) is 0 Å². The SMILES string of the molecule is CCCCOc1cccc(C2C(=C(O)c3nc4c(C)cccn4c3C)C(=O)C(=O)N2CCN(C)C)c1. The third-order valence-electron chi connectivity index (χ3n) is 6.58. The van der Waals surface area contributed by atoms with Gasteiger partial charge in [0, 0.05) is 19.3 Å². The van der Waals surface area contributed by atoms with E-state index in [9.17, 15) is 14.7 Å². The molecule has 1 N–H and O–H groups in total. The number of ketones is 1. The van der Waals surface area contributed by atoms with E-state index in [1.807, 2.05) is 79.8 Å². The third-order valence-corrected chi connectivity index (χ3v) is 6.58. The molecule has 8 heteroatoms. The molecular weight excluding hydrogens is 456 g/mol. The number of likely N-dealkylation sites (N-methyl/N-ethyl adjacent to an activating group) is 1. The van der Waals surface area contributed by atoms with E-state index >= 15 is 0 Å². The van der Waals surface area contributed by atoms with Crippen molar-refractivity contribution in [2.45, 2.75) is 39.7 Å². The average molecular weight is 491 g/mol. The first-order valence-corrected chi connectivity index (χ1v) is 12.3. The summed E-state index contributed by atoms with van der Waals surface area (Å²) in [6.45, 7) is 7.37. The van der Waals surface area contributed by atoms with Crippen LogP contribution in [-0.2, 0) is 9.59 Å². The molecule has 1 saturated heterocycles. The molecule has 0 radical (unpaired) electrons. The molecule has 2 aromatic heterocycles. The number of Topliss-reactive ketones (excluding diaryl/α,β-unsaturated/α-hetero) is 1. The molecule has 1 amide bonds. The zero-order valence-electron chi connectivity index (χ0n) is 21.6. The number of aromatic nitrogens is 2. The van der Waals surface area contributed by atoms with E-state index in [0.29, 0.717) is 48.0 Å². The molecule has 0 bridgehead atoms. The van der Waals surface area contributed by atoms with Gasteiger partial charge in [0.1, 0.15) is 17.1 Å². The van der Waals surface area contributed by atoms with Gasteiger partial charge in [-0.3, -0.25) is 9.59 Å². The van der Waals surface area contributed by atoms with Crippen LogP contribution >= 0.6 is 0 Å². The van der Waals surface area contributed by atoms with Gasteiger partial charge in [-0.2, -0.15) is 0 Å². The molecule has 1 aliphatic heterocycles. The second-order valence-electron chi connectivity index (χ2n) is 9.50. The van der Waals surface area contributed by atoms with Gasteiger partial charge in [0.05, 0.1) is 23.9 Å². The number of pyridine rings is 1. The molecule has 4 rings (SSSR count). The van der Waals surface area contributed by atoms with Gasteiger partial charge in [-0.15, -0.1) is 0 Å². The first-order chi connectivity index (χ1) is 17.2. The summed E-state index contributed by atoms with van der Waals surface area (Å²) in [5.41, 5.74) is 3.40. The number of likely N-dealkylation sites (tertiary alicyclic amines) is 1. The highest BCUT2D eigenvalue weighted by Crippen LogP contribution is 2.40. The van der Waals surface area contributed by atoms with Crippen LogP contribution in [0.4, 0.5) is 0 Å². The number of nitrogens with zero attached hydrogens (tertiary/aromatic N) is 4. The maximum atomic E-state index is 13.4. The fourth-order valence-corrected chi connectivity index (χ4v) is 4.55. The molecule has 1 aromatic carbocycles. The lowest BCUT2D eigenvalue weighted by molar-refractivity contribution is -0.140. The van der Waals surface area contributed by atoms with E-state index < -0.39 is 17.7 Å². The third kappa shape index (κ3) is 4.73. The number of aliphatic hydroxyl groups excluding tert-OH is 1. The van der Waals surface area contributed by atoms with Crippen molar-refractivity contribution in [3.05, 3.63) is 70.7 Å². The predicted octanol–water partition coefficient (Wildman–Crippen LogP) is 4.11. The Morgan fingerprint density at radius 2 is 1.94 bits per heavy atom. The fraction of sp³-hybridized carbons (Fsp3) is 0.393. The summed E-state index contributed by atoms with van der Waals surface area (Å²) in [5.74, 6) is -0.928. The number of benzene rings is 1. The molecule has 1 atom stereocenters. The first kappa shape index (κ1) is 25.4. The minimum Gasteiger partial charge on any atom is -0.505 e. The number of aliphatic hydroxyl groups is 1. The normalized spacial score (nSPS) is 17.5. The standard InChI is InChI=1S/C28H34N4O4/c1-6-7-16-36-21-12-8-11-20(17-21)24-22(26(34)28(35)32(24)15-14-30(4)5)25(33)23-19(3)31-13-9-10-18(2)27(31)29-23/h8-13,17,24,33H,6-7,14-16H2,1-5H3. The number of hydrogen-bond donors (Lipinski definition) is 1. The molecule has 8 nitrogen and oxygen atoms in total. The van der Waals surface area contributed by atoms with Gasteiger partial charge in [-0.25, -0.2) is 4.98 Å². The lowest BCUT2D eigenvalue weighted by Crippen LogP contribution is -2.35. The van der Waals surface area contributed by atoms with E-state index in [4.69, 9.17) is 4.74 Å². The van der Waals surface area contributed by atoms with Crippen LogP contribution in [0.15, 0.2) is 48.2 Å². The maximum Gasteiger partial charge on any atom is 0.295 e. The smallest absolute Gasteiger partial charge is 0.295 e. The Morgan fingerprint density at radius 3 is 2.64 bits per heavy atom. The number of fused-ring (bicyclic) bond motifs is 1. The molecular formula is C28H34N4O4. The van der Waals surface area contributed by atoms with E-state index in [0.717, 1.165) is 18.4 Å². The number of hydrogen-bond acceptors (Lipinski definition) is 6. The second kappa shape index (κ2) is 10.5. The molecule has 0 aliphatic carbocycles. The van der Waals surface area contributed by atoms with Crippen LogP contribution in [0, 0.1) is 13.8 Å². The Labute approximate surface area is 211 Å². The van der Waals surface area contributed by atoms with Crippen LogP contribution in [0.3, 0.4) is 0 Å². The predicted molar refractivity (Wildman–Crippen MR) is 139 cm³/mol. The minimum absolute atomic E-state index is 0.0497. The fourth-order valence-electron chi connectivity index (χ4n) is 4.55. The largest absolute Gasteiger partial charge is 0.505 e. The number of imidazole rings is 1. The Kier molecular flexibility index (Phi) is 7.45. The van der Waals surface area contributed by atoms with Crippen LogP contribution < -0.4 is 4.74 Å². The Hall–Kier alpha value is -3.65. The zero-order chi connectivity index (χ0) is 26.0. The number of carbonyl (C=O) groups excluding carboxylic acids is 2. The van der Waals surface area contributed by atoms with Crippen LogP contribution in [0.1, 0.15) is 48.3 Å². The van der Waals surface area contributed by atoms with Crippen molar-refractivity contribution < 1.29 is 19.4 Å². The van der Waals surface area contributed by atoms with Gasteiger partial charge in [-0.1, -0.05) is 31.5 Å². The molecule has 0 spiro atoms. The van der Waals surface area contributed by atoms with Crippen molar-refractivity contribution in [3.8, 4) is 5.75 Å². The summed E-state index contributed by atoms with van der Waals surface area (Å²) in [5, 5.41) is 11.5. The topological polar surface area (TPSA) is 87.4 Å². The average Bonchev–Trinajstić information content (AvgIpc) is 3.32. The van der Waals surface area contributed by atoms with E-state index in [-0.39, 0.29) is 11.3 Å². The number of unbranched alkanes of at least 4 members (excludes halogenated alkanes) is 1. The van der Waals surface area contributed by atoms with Crippen molar-refractivity contribution in [2.75, 3.05) is 33.8 Å². The van der Waals surface area contributed by atoms with Gasteiger partial charge in [0.2, 0.25) is 0 Å². The maximum absolute atomic E-state index is 13.4. The molecule has 1 fully saturated rings. The van der Waals surface area contributed by atoms with Crippen molar-refractivity contribution in [1.82, 2.24) is 19.2 Å². The van der Waals surface area contributed by atoms with Crippen LogP contribution in [-0.4, -0.2) is 69.8 Å². The van der Waals surface area contributed by atoms with Gasteiger partial charge < -0.3 is 24.0 Å². The van der Waals surface area contributed by atoms with Crippen LogP contribution in [0.5, 0.6) is 5.75 Å². The summed E-state index contributed by atoms with van der Waals surface area (Å²) in [6, 6.07) is 10.5. The van der Waals surface area contributed by atoms with Crippen molar-refractivity contribution in [2.24, 2.45) is 0 Å². The van der Waals surface area contributed by atoms with E-state index in [1.54, 1.807) is 0 Å². The highest BCUT2D eigenvalue weighted by Gasteiger charge is 2.46. The van der Waals surface area contributed by atoms with E-state index in [1.165, 1.54) is 4.90 Å². The molecule has 0 saturated carbocycles. The van der Waals surface area contributed by atoms with Gasteiger partial charge >= 0.3 is 0 Å². The number of rotatable bonds is 9. The summed E-state index contributed by atoms with van der Waals surface area (Å²) in [6.07, 6.45) is 3.81. The van der Waals surface area contributed by atoms with Gasteiger partial charge in [0.15, 0.2) is 5.76 Å². The number of amides is 1. The molecule has 3 aromatic rings. The molecule has 190 valence electrons. The van der Waals surface area contributed by atoms with Crippen molar-refractivity contribution in [3.63, 3.8) is 0 Å². The molecule has 36 heavy (non-hydrogen) atoms. The van der Waals surface area contributed by atoms with E-state index in [2.05, 4.69) is 11.9 Å². The van der Waals surface area contributed by atoms with Crippen LogP contribution in [0.25, 0.3) is 11.4 Å². The first-order valence-electron chi connectivity index (χ1n) is 12.3. The number of aryl methyl sites for hydroxylation is 2. The van der Waals surface area contributed by atoms with Crippen molar-refractivity contribution >= 4 is 23.1 Å². The quantitative estimate of drug-likeness (QED) is 0.210. The monoisotopic (exact) mass is 490 g/mol. The molecule has 3 heterocycles. The summed E-state index contributed by atoms with van der Waals surface area (Å²) >= 11 is 0.